The van der Waals surface area contributed by atoms with E-state index >= 15 is 0 Å². The molecule has 5 nitrogen and oxygen atoms in total. The molecule has 0 bridgehead atoms. The molecule has 1 aromatic heterocycles. The van der Waals surface area contributed by atoms with Crippen molar-refractivity contribution >= 4 is 22.6 Å². The topological polar surface area (TPSA) is 74.9 Å². The van der Waals surface area contributed by atoms with E-state index in [1.54, 1.807) is 24.4 Å². The molecule has 0 aliphatic rings. The number of carbonyl (C=O) groups is 1. The van der Waals surface area contributed by atoms with Gasteiger partial charge < -0.3 is 5.11 Å². The van der Waals surface area contributed by atoms with Gasteiger partial charge in [0, 0.05) is 11.6 Å². The van der Waals surface area contributed by atoms with Crippen LogP contribution in [0.15, 0.2) is 71.0 Å². The van der Waals surface area contributed by atoms with Crippen LogP contribution in [0.25, 0.3) is 10.9 Å². The summed E-state index contributed by atoms with van der Waals surface area (Å²) in [6.07, 6.45) is 1.73. The maximum Gasteiger partial charge on any atom is 0.337 e. The number of pyridine rings is 1. The third-order valence-corrected chi connectivity index (χ3v) is 3.29. The van der Waals surface area contributed by atoms with E-state index in [2.05, 4.69) is 15.2 Å². The molecule has 1 heterocycles. The number of hydrogen-bond donors (Lipinski definition) is 1. The predicted molar refractivity (Wildman–Crippen MR) is 83.4 cm³/mol. The van der Waals surface area contributed by atoms with E-state index in [9.17, 15) is 4.79 Å². The quantitative estimate of drug-likeness (QED) is 0.731. The van der Waals surface area contributed by atoms with Crippen molar-refractivity contribution in [2.45, 2.75) is 6.54 Å². The summed E-state index contributed by atoms with van der Waals surface area (Å²) in [5.74, 6) is -1.01. The zero-order valence-corrected chi connectivity index (χ0v) is 11.7. The highest BCUT2D eigenvalue weighted by Crippen LogP contribution is 2.21. The van der Waals surface area contributed by atoms with Gasteiger partial charge in [-0.3, -0.25) is 4.98 Å². The van der Waals surface area contributed by atoms with Gasteiger partial charge in [0.2, 0.25) is 0 Å². The number of nitrogens with zero attached hydrogens (tertiary/aromatic N) is 3. The summed E-state index contributed by atoms with van der Waals surface area (Å²) in [5.41, 5.74) is 2.41. The van der Waals surface area contributed by atoms with Crippen LogP contribution in [-0.4, -0.2) is 16.1 Å². The number of aromatic carboxylic acids is 1. The summed E-state index contributed by atoms with van der Waals surface area (Å²) in [4.78, 5) is 15.4. The number of carboxylic acid groups (broad SMARTS) is 1. The van der Waals surface area contributed by atoms with Crippen LogP contribution in [-0.2, 0) is 6.54 Å². The monoisotopic (exact) mass is 291 g/mol. The third kappa shape index (κ3) is 2.83. The van der Waals surface area contributed by atoms with Gasteiger partial charge in [-0.1, -0.05) is 30.3 Å². The molecule has 0 saturated heterocycles. The molecule has 0 amide bonds. The average molecular weight is 291 g/mol. The van der Waals surface area contributed by atoms with Crippen molar-refractivity contribution in [1.29, 1.82) is 0 Å². The number of aromatic nitrogens is 1. The Labute approximate surface area is 127 Å². The fraction of sp³-hybridized carbons (Fsp3) is 0.0588. The van der Waals surface area contributed by atoms with Crippen molar-refractivity contribution in [3.63, 3.8) is 0 Å². The Morgan fingerprint density at radius 1 is 1.05 bits per heavy atom. The first kappa shape index (κ1) is 13.9. The molecule has 1 N–H and O–H groups in total. The van der Waals surface area contributed by atoms with Crippen LogP contribution >= 0.6 is 0 Å². The fourth-order valence-electron chi connectivity index (χ4n) is 2.22. The van der Waals surface area contributed by atoms with Gasteiger partial charge >= 0.3 is 5.97 Å². The van der Waals surface area contributed by atoms with E-state index in [4.69, 9.17) is 5.11 Å². The maximum absolute atomic E-state index is 11.1. The normalized spacial score (nSPS) is 11.1. The fourth-order valence-corrected chi connectivity index (χ4v) is 2.22. The van der Waals surface area contributed by atoms with Crippen molar-refractivity contribution < 1.29 is 9.90 Å². The zero-order chi connectivity index (χ0) is 15.4. The van der Waals surface area contributed by atoms with Gasteiger partial charge in [-0.05, 0) is 29.8 Å². The van der Waals surface area contributed by atoms with Crippen molar-refractivity contribution in [1.82, 2.24) is 4.98 Å². The Morgan fingerprint density at radius 2 is 1.82 bits per heavy atom. The van der Waals surface area contributed by atoms with E-state index in [0.717, 1.165) is 16.5 Å². The number of hydrogen-bond acceptors (Lipinski definition) is 4. The Bertz CT molecular complexity index is 854. The Morgan fingerprint density at radius 3 is 2.68 bits per heavy atom. The Balaban J connectivity index is 1.87. The van der Waals surface area contributed by atoms with Crippen molar-refractivity contribution in [3.05, 3.63) is 71.9 Å². The van der Waals surface area contributed by atoms with Gasteiger partial charge in [0.05, 0.1) is 23.3 Å². The molecule has 0 aliphatic carbocycles. The zero-order valence-electron chi connectivity index (χ0n) is 11.7. The number of fused-ring (bicyclic) bond motifs is 1. The first-order chi connectivity index (χ1) is 10.8. The van der Waals surface area contributed by atoms with Crippen LogP contribution < -0.4 is 0 Å². The molecule has 0 fully saturated rings. The number of rotatable bonds is 4. The second-order valence-corrected chi connectivity index (χ2v) is 4.71. The highest BCUT2D eigenvalue weighted by atomic mass is 16.4. The molecule has 0 atom stereocenters. The van der Waals surface area contributed by atoms with Crippen LogP contribution in [0.4, 0.5) is 5.69 Å². The molecule has 5 heteroatoms. The van der Waals surface area contributed by atoms with Crippen LogP contribution in [0.1, 0.15) is 15.9 Å². The van der Waals surface area contributed by atoms with Crippen LogP contribution in [0, 0.1) is 0 Å². The molecule has 3 aromatic rings. The smallest absolute Gasteiger partial charge is 0.337 e. The number of carboxylic acids is 1. The molecule has 0 unspecified atom stereocenters. The minimum Gasteiger partial charge on any atom is -0.478 e. The van der Waals surface area contributed by atoms with Crippen LogP contribution in [0.5, 0.6) is 0 Å². The highest BCUT2D eigenvalue weighted by Gasteiger charge is 2.08. The second kappa shape index (κ2) is 6.13. The number of azo groups is 1. The summed E-state index contributed by atoms with van der Waals surface area (Å²) < 4.78 is 0. The molecular formula is C17H13N3O2. The van der Waals surface area contributed by atoms with E-state index in [1.807, 2.05) is 30.3 Å². The predicted octanol–water partition coefficient (Wildman–Crippen LogP) is 4.22. The first-order valence-corrected chi connectivity index (χ1v) is 6.78. The highest BCUT2D eigenvalue weighted by molar-refractivity contribution is 5.93. The summed E-state index contributed by atoms with van der Waals surface area (Å²) in [6.45, 7) is 0.372. The molecule has 22 heavy (non-hydrogen) atoms. The molecule has 0 radical (unpaired) electrons. The lowest BCUT2D eigenvalue weighted by atomic mass is 10.1. The number of para-hydroxylation sites is 1. The molecule has 0 aliphatic heterocycles. The first-order valence-electron chi connectivity index (χ1n) is 6.78. The van der Waals surface area contributed by atoms with Crippen molar-refractivity contribution in [2.24, 2.45) is 10.2 Å². The maximum atomic E-state index is 11.1. The summed E-state index contributed by atoms with van der Waals surface area (Å²) in [6, 6.07) is 16.3. The molecule has 3 rings (SSSR count). The Kier molecular flexibility index (Phi) is 3.87. The van der Waals surface area contributed by atoms with Gasteiger partial charge in [0.1, 0.15) is 0 Å². The largest absolute Gasteiger partial charge is 0.478 e. The van der Waals surface area contributed by atoms with Gasteiger partial charge in [-0.15, -0.1) is 0 Å². The second-order valence-electron chi connectivity index (χ2n) is 4.71. The molecule has 0 spiro atoms. The van der Waals surface area contributed by atoms with Gasteiger partial charge in [-0.2, -0.15) is 10.2 Å². The standard InChI is InChI=1S/C17H13N3O2/c21-17(22)14-6-2-4-8-16(14)20-19-11-12-9-10-18-15-7-3-1-5-13(12)15/h1-10H,11H2,(H,21,22). The Hall–Kier alpha value is -3.08. The summed E-state index contributed by atoms with van der Waals surface area (Å²) in [7, 11) is 0. The lowest BCUT2D eigenvalue weighted by Crippen LogP contribution is -1.95. The van der Waals surface area contributed by atoms with E-state index in [0.29, 0.717) is 12.2 Å². The van der Waals surface area contributed by atoms with E-state index in [1.165, 1.54) is 6.07 Å². The minimum atomic E-state index is -1.01. The van der Waals surface area contributed by atoms with Crippen LogP contribution in [0.2, 0.25) is 0 Å². The molecule has 2 aromatic carbocycles. The van der Waals surface area contributed by atoms with Gasteiger partial charge in [-0.25, -0.2) is 4.79 Å². The third-order valence-electron chi connectivity index (χ3n) is 3.29. The summed E-state index contributed by atoms with van der Waals surface area (Å²) in [5, 5.41) is 18.3. The lowest BCUT2D eigenvalue weighted by Gasteiger charge is -2.02. The van der Waals surface area contributed by atoms with Crippen molar-refractivity contribution in [3.8, 4) is 0 Å². The minimum absolute atomic E-state index is 0.144. The average Bonchev–Trinajstić information content (AvgIpc) is 2.55. The molecular weight excluding hydrogens is 278 g/mol. The van der Waals surface area contributed by atoms with E-state index in [-0.39, 0.29) is 5.56 Å². The molecule has 108 valence electrons. The van der Waals surface area contributed by atoms with Crippen LogP contribution in [0.3, 0.4) is 0 Å². The molecule has 0 saturated carbocycles. The SMILES string of the molecule is O=C(O)c1ccccc1N=NCc1ccnc2ccccc12. The van der Waals surface area contributed by atoms with E-state index < -0.39 is 5.97 Å². The van der Waals surface area contributed by atoms with Gasteiger partial charge in [0.25, 0.3) is 0 Å². The number of benzene rings is 2. The lowest BCUT2D eigenvalue weighted by molar-refractivity contribution is 0.0697. The summed E-state index contributed by atoms with van der Waals surface area (Å²) >= 11 is 0. The van der Waals surface area contributed by atoms with Gasteiger partial charge in [0.15, 0.2) is 0 Å². The van der Waals surface area contributed by atoms with Crippen molar-refractivity contribution in [2.75, 3.05) is 0 Å².